The molecule has 0 aliphatic carbocycles. The Morgan fingerprint density at radius 2 is 1.85 bits per heavy atom. The summed E-state index contributed by atoms with van der Waals surface area (Å²) in [6.07, 6.45) is -0.649. The Morgan fingerprint density at radius 1 is 1.31 bits per heavy atom. The van der Waals surface area contributed by atoms with E-state index in [4.69, 9.17) is 0 Å². The topological polar surface area (TPSA) is 29.4 Å². The zero-order chi connectivity index (χ0) is 9.90. The van der Waals surface area contributed by atoms with Gasteiger partial charge in [0.25, 0.3) is 0 Å². The highest BCUT2D eigenvalue weighted by atomic mass is 79.9. The molecule has 0 aliphatic rings. The van der Waals surface area contributed by atoms with E-state index in [1.165, 1.54) is 12.1 Å². The van der Waals surface area contributed by atoms with Crippen molar-refractivity contribution >= 4 is 15.9 Å². The van der Waals surface area contributed by atoms with Crippen molar-refractivity contribution in [3.05, 3.63) is 39.2 Å². The maximum absolute atomic E-state index is 12.4. The molecule has 0 heterocycles. The Morgan fingerprint density at radius 3 is 2.31 bits per heavy atom. The third-order valence-electron chi connectivity index (χ3n) is 1.46. The van der Waals surface area contributed by atoms with E-state index in [0.717, 1.165) is 4.47 Å². The lowest BCUT2D eigenvalue weighted by atomic mass is 10.1. The van der Waals surface area contributed by atoms with Crippen LogP contribution < -0.4 is 0 Å². The zero-order valence-electron chi connectivity index (χ0n) is 6.51. The average molecular weight is 250 g/mol. The molecule has 1 aromatic rings. The van der Waals surface area contributed by atoms with Crippen molar-refractivity contribution in [3.63, 3.8) is 0 Å². The SMILES string of the molecule is O=NC(F)(F)Cc1ccc(Br)cc1. The quantitative estimate of drug-likeness (QED) is 0.597. The molecule has 13 heavy (non-hydrogen) atoms. The van der Waals surface area contributed by atoms with Crippen molar-refractivity contribution in [3.8, 4) is 0 Å². The van der Waals surface area contributed by atoms with Gasteiger partial charge < -0.3 is 0 Å². The smallest absolute Gasteiger partial charge is 0.177 e. The second-order valence-corrected chi connectivity index (χ2v) is 3.48. The number of nitroso groups, excluding NO2 is 1. The Balaban J connectivity index is 2.75. The lowest BCUT2D eigenvalue weighted by molar-refractivity contribution is 0.00973. The highest BCUT2D eigenvalue weighted by Crippen LogP contribution is 2.22. The van der Waals surface area contributed by atoms with Crippen LogP contribution >= 0.6 is 15.9 Å². The standard InChI is InChI=1S/C8H6BrF2NO/c9-7-3-1-6(2-4-7)5-8(10,11)12-13/h1-4H,5H2. The van der Waals surface area contributed by atoms with E-state index < -0.39 is 12.5 Å². The molecular formula is C8H6BrF2NO. The molecule has 70 valence electrons. The normalized spacial score (nSPS) is 11.3. The Hall–Kier alpha value is -0.840. The van der Waals surface area contributed by atoms with Crippen LogP contribution in [0.5, 0.6) is 0 Å². The van der Waals surface area contributed by atoms with Gasteiger partial charge in [0.1, 0.15) is 0 Å². The van der Waals surface area contributed by atoms with Crippen molar-refractivity contribution in [2.45, 2.75) is 12.5 Å². The van der Waals surface area contributed by atoms with Gasteiger partial charge in [-0.05, 0) is 17.7 Å². The van der Waals surface area contributed by atoms with Crippen molar-refractivity contribution in [2.24, 2.45) is 5.18 Å². The fourth-order valence-corrected chi connectivity index (χ4v) is 1.14. The molecule has 0 saturated carbocycles. The monoisotopic (exact) mass is 249 g/mol. The first-order valence-electron chi connectivity index (χ1n) is 3.50. The summed E-state index contributed by atoms with van der Waals surface area (Å²) in [4.78, 5) is 9.69. The van der Waals surface area contributed by atoms with Gasteiger partial charge in [-0.3, -0.25) is 0 Å². The van der Waals surface area contributed by atoms with Gasteiger partial charge in [0, 0.05) is 9.65 Å². The summed E-state index contributed by atoms with van der Waals surface area (Å²) in [6, 6.07) is 2.80. The van der Waals surface area contributed by atoms with Crippen molar-refractivity contribution in [2.75, 3.05) is 0 Å². The molecule has 5 heteroatoms. The summed E-state index contributed by atoms with van der Waals surface area (Å²) in [5, 5.41) is 1.74. The maximum Gasteiger partial charge on any atom is 0.381 e. The van der Waals surface area contributed by atoms with Crippen molar-refractivity contribution in [1.29, 1.82) is 0 Å². The van der Waals surface area contributed by atoms with Crippen LogP contribution in [-0.2, 0) is 6.42 Å². The molecule has 1 aromatic carbocycles. The Labute approximate surface area is 82.1 Å². The Bertz CT molecular complexity index is 300. The number of alkyl halides is 2. The first-order chi connectivity index (χ1) is 6.03. The lowest BCUT2D eigenvalue weighted by Gasteiger charge is -2.06. The summed E-state index contributed by atoms with van der Waals surface area (Å²) in [6.45, 7) is 0. The fourth-order valence-electron chi connectivity index (χ4n) is 0.880. The fraction of sp³-hybridized carbons (Fsp3) is 0.250. The van der Waals surface area contributed by atoms with Crippen LogP contribution in [-0.4, -0.2) is 6.05 Å². The molecule has 0 aromatic heterocycles. The van der Waals surface area contributed by atoms with E-state index in [-0.39, 0.29) is 0 Å². The van der Waals surface area contributed by atoms with Crippen LogP contribution in [0.15, 0.2) is 33.9 Å². The van der Waals surface area contributed by atoms with Crippen molar-refractivity contribution < 1.29 is 8.78 Å². The van der Waals surface area contributed by atoms with Gasteiger partial charge in [0.2, 0.25) is 0 Å². The largest absolute Gasteiger partial charge is 0.381 e. The van der Waals surface area contributed by atoms with Gasteiger partial charge in [-0.2, -0.15) is 8.78 Å². The highest BCUT2D eigenvalue weighted by Gasteiger charge is 2.29. The minimum atomic E-state index is -3.51. The highest BCUT2D eigenvalue weighted by molar-refractivity contribution is 9.10. The summed E-state index contributed by atoms with van der Waals surface area (Å²) in [7, 11) is 0. The zero-order valence-corrected chi connectivity index (χ0v) is 8.09. The van der Waals surface area contributed by atoms with E-state index in [1.807, 2.05) is 0 Å². The second-order valence-electron chi connectivity index (χ2n) is 2.56. The lowest BCUT2D eigenvalue weighted by Crippen LogP contribution is -2.14. The molecule has 2 nitrogen and oxygen atoms in total. The Kier molecular flexibility index (Phi) is 3.08. The summed E-state index contributed by atoms with van der Waals surface area (Å²) < 4.78 is 25.7. The predicted octanol–water partition coefficient (Wildman–Crippen LogP) is 3.35. The first-order valence-corrected chi connectivity index (χ1v) is 4.29. The molecule has 0 fully saturated rings. The minimum Gasteiger partial charge on any atom is -0.177 e. The molecular weight excluding hydrogens is 244 g/mol. The molecule has 0 atom stereocenters. The van der Waals surface area contributed by atoms with Crippen LogP contribution in [0.1, 0.15) is 5.56 Å². The van der Waals surface area contributed by atoms with Crippen LogP contribution in [0.2, 0.25) is 0 Å². The van der Waals surface area contributed by atoms with Gasteiger partial charge in [-0.15, -0.1) is 4.91 Å². The number of halogens is 3. The molecule has 0 radical (unpaired) electrons. The molecule has 0 bridgehead atoms. The molecule has 0 unspecified atom stereocenters. The predicted molar refractivity (Wildman–Crippen MR) is 48.6 cm³/mol. The molecule has 0 spiro atoms. The summed E-state index contributed by atoms with van der Waals surface area (Å²) in [5.41, 5.74) is 0.382. The minimum absolute atomic E-state index is 0.382. The first kappa shape index (κ1) is 10.2. The molecule has 0 aliphatic heterocycles. The van der Waals surface area contributed by atoms with Gasteiger partial charge in [-0.25, -0.2) is 0 Å². The number of hydrogen-bond acceptors (Lipinski definition) is 2. The van der Waals surface area contributed by atoms with Gasteiger partial charge in [-0.1, -0.05) is 28.1 Å². The van der Waals surface area contributed by atoms with E-state index in [1.54, 1.807) is 17.3 Å². The van der Waals surface area contributed by atoms with Crippen molar-refractivity contribution in [1.82, 2.24) is 0 Å². The van der Waals surface area contributed by atoms with Crippen LogP contribution in [0.4, 0.5) is 8.78 Å². The summed E-state index contributed by atoms with van der Waals surface area (Å²) in [5.74, 6) is 0. The van der Waals surface area contributed by atoms with Crippen LogP contribution in [0.3, 0.4) is 0 Å². The van der Waals surface area contributed by atoms with Crippen LogP contribution in [0, 0.1) is 4.91 Å². The molecule has 0 amide bonds. The van der Waals surface area contributed by atoms with E-state index >= 15 is 0 Å². The maximum atomic E-state index is 12.4. The molecule has 1 rings (SSSR count). The third kappa shape index (κ3) is 3.18. The van der Waals surface area contributed by atoms with Gasteiger partial charge in [0.05, 0.1) is 6.42 Å². The number of benzene rings is 1. The summed E-state index contributed by atoms with van der Waals surface area (Å²) >= 11 is 3.17. The molecule has 0 N–H and O–H groups in total. The number of hydrogen-bond donors (Lipinski definition) is 0. The third-order valence-corrected chi connectivity index (χ3v) is 1.99. The number of nitrogens with zero attached hydrogens (tertiary/aromatic N) is 1. The van der Waals surface area contributed by atoms with E-state index in [2.05, 4.69) is 15.9 Å². The van der Waals surface area contributed by atoms with Gasteiger partial charge >= 0.3 is 6.05 Å². The average Bonchev–Trinajstić information content (AvgIpc) is 2.09. The molecule has 0 saturated heterocycles. The second kappa shape index (κ2) is 3.91. The van der Waals surface area contributed by atoms with Gasteiger partial charge in [0.15, 0.2) is 0 Å². The number of rotatable bonds is 3. The van der Waals surface area contributed by atoms with E-state index in [9.17, 15) is 13.7 Å². The van der Waals surface area contributed by atoms with Crippen LogP contribution in [0.25, 0.3) is 0 Å². The van der Waals surface area contributed by atoms with E-state index in [0.29, 0.717) is 5.56 Å².